The summed E-state index contributed by atoms with van der Waals surface area (Å²) in [6.45, 7) is 1.91. The number of non-ortho nitro benzene ring substituents is 1. The predicted molar refractivity (Wildman–Crippen MR) is 80.0 cm³/mol. The van der Waals surface area contributed by atoms with Crippen molar-refractivity contribution in [3.63, 3.8) is 0 Å². The van der Waals surface area contributed by atoms with Crippen molar-refractivity contribution in [2.45, 2.75) is 18.1 Å². The Morgan fingerprint density at radius 1 is 1.43 bits per heavy atom. The van der Waals surface area contributed by atoms with Crippen LogP contribution in [-0.4, -0.2) is 34.9 Å². The highest BCUT2D eigenvalue weighted by Gasteiger charge is 2.16. The molecular formula is C13H16FN3O3S. The normalized spacial score (nSPS) is 15.7. The number of halogens is 1. The number of piperidine rings is 1. The SMILES string of the molecule is O=C(CSC1CCNCC1)Nc1cc(F)cc([N+](=O)[O-])c1. The monoisotopic (exact) mass is 313 g/mol. The number of carbonyl (C=O) groups excluding carboxylic acids is 1. The van der Waals surface area contributed by atoms with Gasteiger partial charge >= 0.3 is 0 Å². The first-order valence-electron chi connectivity index (χ1n) is 6.62. The number of benzene rings is 1. The molecule has 21 heavy (non-hydrogen) atoms. The maximum Gasteiger partial charge on any atom is 0.274 e. The zero-order valence-corrected chi connectivity index (χ0v) is 12.1. The molecule has 0 saturated carbocycles. The molecule has 0 bridgehead atoms. The van der Waals surface area contributed by atoms with E-state index in [1.54, 1.807) is 11.8 Å². The fourth-order valence-corrected chi connectivity index (χ4v) is 3.13. The number of nitrogens with zero attached hydrogens (tertiary/aromatic N) is 1. The highest BCUT2D eigenvalue weighted by atomic mass is 32.2. The molecule has 8 heteroatoms. The first-order valence-corrected chi connectivity index (χ1v) is 7.66. The van der Waals surface area contributed by atoms with Crippen LogP contribution in [0.15, 0.2) is 18.2 Å². The number of hydrogen-bond donors (Lipinski definition) is 2. The van der Waals surface area contributed by atoms with Gasteiger partial charge in [0.15, 0.2) is 0 Å². The lowest BCUT2D eigenvalue weighted by molar-refractivity contribution is -0.385. The highest BCUT2D eigenvalue weighted by Crippen LogP contribution is 2.22. The quantitative estimate of drug-likeness (QED) is 0.643. The molecule has 1 fully saturated rings. The average molecular weight is 313 g/mol. The van der Waals surface area contributed by atoms with E-state index in [9.17, 15) is 19.3 Å². The molecule has 114 valence electrons. The molecule has 1 heterocycles. The van der Waals surface area contributed by atoms with Crippen molar-refractivity contribution in [2.75, 3.05) is 24.2 Å². The van der Waals surface area contributed by atoms with Crippen LogP contribution in [0.3, 0.4) is 0 Å². The second-order valence-corrected chi connectivity index (χ2v) is 6.05. The molecule has 0 radical (unpaired) electrons. The van der Waals surface area contributed by atoms with E-state index in [0.29, 0.717) is 5.25 Å². The minimum Gasteiger partial charge on any atom is -0.325 e. The van der Waals surface area contributed by atoms with Crippen molar-refractivity contribution >= 4 is 29.0 Å². The maximum atomic E-state index is 13.2. The average Bonchev–Trinajstić information content (AvgIpc) is 2.45. The lowest BCUT2D eigenvalue weighted by Crippen LogP contribution is -2.30. The number of rotatable bonds is 5. The Kier molecular flexibility index (Phi) is 5.51. The number of nitrogens with one attached hydrogen (secondary N) is 2. The van der Waals surface area contributed by atoms with Crippen LogP contribution in [0.1, 0.15) is 12.8 Å². The van der Waals surface area contributed by atoms with Gasteiger partial charge in [-0.2, -0.15) is 0 Å². The van der Waals surface area contributed by atoms with Crippen molar-refractivity contribution < 1.29 is 14.1 Å². The lowest BCUT2D eigenvalue weighted by Gasteiger charge is -2.21. The van der Waals surface area contributed by atoms with Crippen LogP contribution in [0.5, 0.6) is 0 Å². The fraction of sp³-hybridized carbons (Fsp3) is 0.462. The highest BCUT2D eigenvalue weighted by molar-refractivity contribution is 8.00. The molecule has 0 spiro atoms. The molecule has 0 atom stereocenters. The molecule has 0 unspecified atom stereocenters. The third-order valence-corrected chi connectivity index (χ3v) is 4.49. The van der Waals surface area contributed by atoms with Gasteiger partial charge in [-0.1, -0.05) is 0 Å². The van der Waals surface area contributed by atoms with E-state index in [1.807, 2.05) is 0 Å². The minimum absolute atomic E-state index is 0.109. The topological polar surface area (TPSA) is 84.3 Å². The number of amides is 1. The van der Waals surface area contributed by atoms with E-state index < -0.39 is 10.7 Å². The summed E-state index contributed by atoms with van der Waals surface area (Å²) in [5.74, 6) is -0.765. The number of nitro groups is 1. The van der Waals surface area contributed by atoms with Crippen molar-refractivity contribution in [1.29, 1.82) is 0 Å². The smallest absolute Gasteiger partial charge is 0.274 e. The summed E-state index contributed by atoms with van der Waals surface area (Å²) >= 11 is 1.56. The van der Waals surface area contributed by atoms with E-state index >= 15 is 0 Å². The molecular weight excluding hydrogens is 297 g/mol. The van der Waals surface area contributed by atoms with Gasteiger partial charge in [0.1, 0.15) is 5.82 Å². The summed E-state index contributed by atoms with van der Waals surface area (Å²) in [5, 5.41) is 16.8. The van der Waals surface area contributed by atoms with Crippen molar-refractivity contribution in [3.05, 3.63) is 34.1 Å². The zero-order chi connectivity index (χ0) is 15.2. The van der Waals surface area contributed by atoms with E-state index in [2.05, 4.69) is 10.6 Å². The summed E-state index contributed by atoms with van der Waals surface area (Å²) in [5.41, 5.74) is -0.270. The van der Waals surface area contributed by atoms with Crippen molar-refractivity contribution in [3.8, 4) is 0 Å². The van der Waals surface area contributed by atoms with Gasteiger partial charge < -0.3 is 10.6 Å². The Bertz CT molecular complexity index is 535. The largest absolute Gasteiger partial charge is 0.325 e. The van der Waals surface area contributed by atoms with Crippen LogP contribution in [-0.2, 0) is 4.79 Å². The van der Waals surface area contributed by atoms with Gasteiger partial charge in [-0.05, 0) is 32.0 Å². The number of nitro benzene ring substituents is 1. The third-order valence-electron chi connectivity index (χ3n) is 3.11. The molecule has 1 saturated heterocycles. The van der Waals surface area contributed by atoms with Gasteiger partial charge in [-0.3, -0.25) is 14.9 Å². The third kappa shape index (κ3) is 4.98. The van der Waals surface area contributed by atoms with Gasteiger partial charge in [0.25, 0.3) is 5.69 Å². The Morgan fingerprint density at radius 3 is 2.81 bits per heavy atom. The van der Waals surface area contributed by atoms with E-state index in [0.717, 1.165) is 44.1 Å². The summed E-state index contributed by atoms with van der Waals surface area (Å²) in [7, 11) is 0. The van der Waals surface area contributed by atoms with Gasteiger partial charge in [0.05, 0.1) is 22.4 Å². The molecule has 1 aliphatic heterocycles. The molecule has 0 aliphatic carbocycles. The molecule has 0 aromatic heterocycles. The van der Waals surface area contributed by atoms with Gasteiger partial charge in [0, 0.05) is 11.3 Å². The van der Waals surface area contributed by atoms with Crippen LogP contribution < -0.4 is 10.6 Å². The van der Waals surface area contributed by atoms with Crippen LogP contribution >= 0.6 is 11.8 Å². The number of carbonyl (C=O) groups is 1. The molecule has 1 aromatic rings. The second kappa shape index (κ2) is 7.37. The molecule has 2 N–H and O–H groups in total. The van der Waals surface area contributed by atoms with Crippen molar-refractivity contribution in [2.24, 2.45) is 0 Å². The van der Waals surface area contributed by atoms with E-state index in [-0.39, 0.29) is 23.0 Å². The molecule has 1 aromatic carbocycles. The van der Waals surface area contributed by atoms with Crippen LogP contribution in [0, 0.1) is 15.9 Å². The van der Waals surface area contributed by atoms with Crippen LogP contribution in [0.25, 0.3) is 0 Å². The Balaban J connectivity index is 1.88. The number of anilines is 1. The standard InChI is InChI=1S/C13H16FN3O3S/c14-9-5-10(7-11(6-9)17(19)20)16-13(18)8-21-12-1-3-15-4-2-12/h5-7,12,15H,1-4,8H2,(H,16,18). The Morgan fingerprint density at radius 2 is 2.14 bits per heavy atom. The van der Waals surface area contributed by atoms with Gasteiger partial charge in [0.2, 0.25) is 5.91 Å². The maximum absolute atomic E-state index is 13.2. The van der Waals surface area contributed by atoms with Crippen molar-refractivity contribution in [1.82, 2.24) is 5.32 Å². The van der Waals surface area contributed by atoms with Crippen LogP contribution in [0.2, 0.25) is 0 Å². The minimum atomic E-state index is -0.745. The fourth-order valence-electron chi connectivity index (χ4n) is 2.10. The first-order chi connectivity index (χ1) is 10.0. The molecule has 2 rings (SSSR count). The second-order valence-electron chi connectivity index (χ2n) is 4.76. The molecule has 1 aliphatic rings. The first kappa shape index (κ1) is 15.7. The predicted octanol–water partition coefficient (Wildman–Crippen LogP) is 2.16. The Hall–Kier alpha value is -1.67. The van der Waals surface area contributed by atoms with Crippen LogP contribution in [0.4, 0.5) is 15.8 Å². The Labute approximate surface area is 125 Å². The molecule has 6 nitrogen and oxygen atoms in total. The molecule has 1 amide bonds. The van der Waals surface area contributed by atoms with E-state index in [4.69, 9.17) is 0 Å². The van der Waals surface area contributed by atoms with E-state index in [1.165, 1.54) is 0 Å². The van der Waals surface area contributed by atoms with Gasteiger partial charge in [-0.25, -0.2) is 4.39 Å². The summed E-state index contributed by atoms with van der Waals surface area (Å²) in [4.78, 5) is 21.8. The zero-order valence-electron chi connectivity index (χ0n) is 11.3. The lowest BCUT2D eigenvalue weighted by atomic mass is 10.2. The summed E-state index contributed by atoms with van der Waals surface area (Å²) < 4.78 is 13.2. The number of thioether (sulfide) groups is 1. The number of hydrogen-bond acceptors (Lipinski definition) is 5. The summed E-state index contributed by atoms with van der Waals surface area (Å²) in [6.07, 6.45) is 2.03. The summed E-state index contributed by atoms with van der Waals surface area (Å²) in [6, 6.07) is 3.04. The van der Waals surface area contributed by atoms with Gasteiger partial charge in [-0.15, -0.1) is 11.8 Å².